The molecular weight excluding hydrogens is 142 g/mol. The molecule has 0 bridgehead atoms. The molecule has 0 aromatic heterocycles. The molecule has 0 aliphatic carbocycles. The number of ether oxygens (including phenoxy) is 1. The van der Waals surface area contributed by atoms with Gasteiger partial charge in [0, 0.05) is 19.9 Å². The molecule has 0 radical (unpaired) electrons. The van der Waals surface area contributed by atoms with Crippen molar-refractivity contribution in [1.29, 1.82) is 0 Å². The fraction of sp³-hybridized carbons (Fsp3) is 0.625. The number of terminal acetylenes is 1. The van der Waals surface area contributed by atoms with Gasteiger partial charge in [0.05, 0.1) is 0 Å². The molecule has 1 fully saturated rings. The number of amides is 1. The van der Waals surface area contributed by atoms with Gasteiger partial charge >= 0.3 is 0 Å². The van der Waals surface area contributed by atoms with Crippen LogP contribution in [0.3, 0.4) is 0 Å². The predicted molar refractivity (Wildman–Crippen MR) is 40.6 cm³/mol. The largest absolute Gasteiger partial charge is 0.346 e. The van der Waals surface area contributed by atoms with Crippen molar-refractivity contribution in [3.05, 3.63) is 0 Å². The molecular formula is C8H11NO2. The van der Waals surface area contributed by atoms with Crippen molar-refractivity contribution in [2.24, 2.45) is 0 Å². The zero-order chi connectivity index (χ0) is 8.27. The van der Waals surface area contributed by atoms with Crippen molar-refractivity contribution in [1.82, 2.24) is 4.90 Å². The zero-order valence-electron chi connectivity index (χ0n) is 6.54. The Morgan fingerprint density at radius 2 is 2.64 bits per heavy atom. The summed E-state index contributed by atoms with van der Waals surface area (Å²) in [6.07, 6.45) is 6.25. The molecule has 11 heavy (non-hydrogen) atoms. The Labute approximate surface area is 66.3 Å². The molecule has 0 aromatic carbocycles. The number of likely N-dealkylation sites (tertiary alicyclic amines) is 1. The Morgan fingerprint density at radius 3 is 3.09 bits per heavy atom. The Kier molecular flexibility index (Phi) is 2.50. The maximum Gasteiger partial charge on any atom is 0.224 e. The first-order valence-electron chi connectivity index (χ1n) is 3.56. The predicted octanol–water partition coefficient (Wildman–Crippen LogP) is 0.214. The molecule has 1 aliphatic heterocycles. The Morgan fingerprint density at radius 1 is 1.91 bits per heavy atom. The lowest BCUT2D eigenvalue weighted by Crippen LogP contribution is -2.30. The van der Waals surface area contributed by atoms with E-state index in [2.05, 4.69) is 5.92 Å². The highest BCUT2D eigenvalue weighted by atomic mass is 16.5. The summed E-state index contributed by atoms with van der Waals surface area (Å²) in [5, 5.41) is 0. The number of hydrogen-bond acceptors (Lipinski definition) is 2. The molecule has 0 N–H and O–H groups in total. The lowest BCUT2D eigenvalue weighted by molar-refractivity contribution is -0.133. The first kappa shape index (κ1) is 8.09. The summed E-state index contributed by atoms with van der Waals surface area (Å²) in [5.41, 5.74) is 0. The van der Waals surface area contributed by atoms with Gasteiger partial charge in [-0.2, -0.15) is 0 Å². The maximum absolute atomic E-state index is 10.9. The number of nitrogens with zero attached hydrogens (tertiary/aromatic N) is 1. The van der Waals surface area contributed by atoms with Gasteiger partial charge in [-0.05, 0) is 0 Å². The maximum atomic E-state index is 10.9. The van der Waals surface area contributed by atoms with E-state index >= 15 is 0 Å². The molecule has 0 aromatic rings. The topological polar surface area (TPSA) is 29.5 Å². The van der Waals surface area contributed by atoms with Gasteiger partial charge in [0.1, 0.15) is 12.8 Å². The van der Waals surface area contributed by atoms with E-state index in [-0.39, 0.29) is 18.7 Å². The molecule has 1 atom stereocenters. The van der Waals surface area contributed by atoms with Crippen LogP contribution in [0.25, 0.3) is 0 Å². The third-order valence-electron chi connectivity index (χ3n) is 1.79. The smallest absolute Gasteiger partial charge is 0.224 e. The minimum Gasteiger partial charge on any atom is -0.346 e. The first-order chi connectivity index (χ1) is 5.25. The summed E-state index contributed by atoms with van der Waals surface area (Å²) in [5.74, 6) is 2.50. The van der Waals surface area contributed by atoms with E-state index in [0.717, 1.165) is 6.42 Å². The fourth-order valence-corrected chi connectivity index (χ4v) is 1.12. The van der Waals surface area contributed by atoms with Gasteiger partial charge in [0.25, 0.3) is 0 Å². The Bertz CT molecular complexity index is 195. The van der Waals surface area contributed by atoms with Crippen LogP contribution in [0, 0.1) is 12.3 Å². The minimum atomic E-state index is -0.0986. The van der Waals surface area contributed by atoms with Crippen LogP contribution >= 0.6 is 0 Å². The molecule has 60 valence electrons. The molecule has 3 heteroatoms. The van der Waals surface area contributed by atoms with Crippen LogP contribution in [0.2, 0.25) is 0 Å². The number of carbonyl (C=O) groups excluding carboxylic acids is 1. The molecule has 3 nitrogen and oxygen atoms in total. The van der Waals surface area contributed by atoms with Crippen molar-refractivity contribution in [3.8, 4) is 12.3 Å². The normalized spacial score (nSPS) is 23.8. The van der Waals surface area contributed by atoms with E-state index in [1.165, 1.54) is 0 Å². The quantitative estimate of drug-likeness (QED) is 0.531. The molecule has 1 unspecified atom stereocenters. The van der Waals surface area contributed by atoms with Crippen molar-refractivity contribution in [2.75, 3.05) is 13.7 Å². The lowest BCUT2D eigenvalue weighted by Gasteiger charge is -2.18. The molecule has 0 saturated carbocycles. The van der Waals surface area contributed by atoms with Crippen molar-refractivity contribution < 1.29 is 9.53 Å². The first-order valence-corrected chi connectivity index (χ1v) is 3.56. The van der Waals surface area contributed by atoms with Gasteiger partial charge < -0.3 is 9.64 Å². The minimum absolute atomic E-state index is 0.0986. The Balaban J connectivity index is 2.37. The van der Waals surface area contributed by atoms with Gasteiger partial charge in [0.2, 0.25) is 5.91 Å². The van der Waals surface area contributed by atoms with E-state index in [1.807, 2.05) is 0 Å². The van der Waals surface area contributed by atoms with Gasteiger partial charge in [0.15, 0.2) is 0 Å². The van der Waals surface area contributed by atoms with Crippen LogP contribution < -0.4 is 0 Å². The highest BCUT2D eigenvalue weighted by molar-refractivity contribution is 5.78. The summed E-state index contributed by atoms with van der Waals surface area (Å²) in [6, 6.07) is 0. The third kappa shape index (κ3) is 1.72. The second-order valence-corrected chi connectivity index (χ2v) is 2.51. The number of rotatable bonds is 2. The third-order valence-corrected chi connectivity index (χ3v) is 1.79. The van der Waals surface area contributed by atoms with Crippen molar-refractivity contribution >= 4 is 5.91 Å². The second-order valence-electron chi connectivity index (χ2n) is 2.51. The van der Waals surface area contributed by atoms with E-state index in [0.29, 0.717) is 6.42 Å². The van der Waals surface area contributed by atoms with Crippen LogP contribution in [0.5, 0.6) is 0 Å². The fourth-order valence-electron chi connectivity index (χ4n) is 1.12. The summed E-state index contributed by atoms with van der Waals surface area (Å²) in [6.45, 7) is 0.280. The van der Waals surface area contributed by atoms with Crippen molar-refractivity contribution in [2.45, 2.75) is 19.1 Å². The number of carbonyl (C=O) groups is 1. The highest BCUT2D eigenvalue weighted by Crippen LogP contribution is 2.16. The van der Waals surface area contributed by atoms with Crippen LogP contribution in [-0.4, -0.2) is 30.7 Å². The standard InChI is InChI=1S/C8H11NO2/c1-3-6-11-8-5-4-7(10)9(8)2/h1,8H,4-6H2,2H3. The Hall–Kier alpha value is -1.01. The summed E-state index contributed by atoms with van der Waals surface area (Å²) in [4.78, 5) is 12.5. The SMILES string of the molecule is C#CCOC1CCC(=O)N1C. The average Bonchev–Trinajstić information content (AvgIpc) is 2.31. The van der Waals surface area contributed by atoms with Crippen LogP contribution in [0.15, 0.2) is 0 Å². The summed E-state index contributed by atoms with van der Waals surface area (Å²) < 4.78 is 5.20. The summed E-state index contributed by atoms with van der Waals surface area (Å²) in [7, 11) is 1.73. The van der Waals surface area contributed by atoms with Gasteiger partial charge in [-0.15, -0.1) is 6.42 Å². The van der Waals surface area contributed by atoms with Gasteiger partial charge in [-0.25, -0.2) is 0 Å². The van der Waals surface area contributed by atoms with Crippen LogP contribution in [-0.2, 0) is 9.53 Å². The van der Waals surface area contributed by atoms with Gasteiger partial charge in [-0.1, -0.05) is 5.92 Å². The zero-order valence-corrected chi connectivity index (χ0v) is 6.54. The van der Waals surface area contributed by atoms with E-state index < -0.39 is 0 Å². The average molecular weight is 153 g/mol. The van der Waals surface area contributed by atoms with E-state index in [1.54, 1.807) is 11.9 Å². The monoisotopic (exact) mass is 153 g/mol. The van der Waals surface area contributed by atoms with Crippen molar-refractivity contribution in [3.63, 3.8) is 0 Å². The molecule has 1 heterocycles. The number of hydrogen-bond donors (Lipinski definition) is 0. The van der Waals surface area contributed by atoms with E-state index in [9.17, 15) is 4.79 Å². The van der Waals surface area contributed by atoms with Gasteiger partial charge in [-0.3, -0.25) is 4.79 Å². The highest BCUT2D eigenvalue weighted by Gasteiger charge is 2.27. The lowest BCUT2D eigenvalue weighted by atomic mass is 10.3. The molecule has 1 saturated heterocycles. The van der Waals surface area contributed by atoms with E-state index in [4.69, 9.17) is 11.2 Å². The van der Waals surface area contributed by atoms with Crippen LogP contribution in [0.1, 0.15) is 12.8 Å². The molecule has 1 rings (SSSR count). The second kappa shape index (κ2) is 3.40. The molecule has 0 spiro atoms. The van der Waals surface area contributed by atoms with Crippen LogP contribution in [0.4, 0.5) is 0 Å². The molecule has 1 aliphatic rings. The summed E-state index contributed by atoms with van der Waals surface area (Å²) >= 11 is 0. The molecule has 1 amide bonds.